The van der Waals surface area contributed by atoms with E-state index in [0.29, 0.717) is 16.8 Å². The van der Waals surface area contributed by atoms with E-state index in [1.807, 2.05) is 18.2 Å². The van der Waals surface area contributed by atoms with Gasteiger partial charge in [0.05, 0.1) is 5.56 Å². The third-order valence-corrected chi connectivity index (χ3v) is 4.33. The molecule has 0 saturated heterocycles. The minimum Gasteiger partial charge on any atom is -0.434 e. The molecule has 0 radical (unpaired) electrons. The van der Waals surface area contributed by atoms with Crippen LogP contribution in [0.1, 0.15) is 34.9 Å². The highest BCUT2D eigenvalue weighted by molar-refractivity contribution is 6.02. The normalized spacial score (nSPS) is 19.9. The van der Waals surface area contributed by atoms with E-state index in [1.165, 1.54) is 6.07 Å². The monoisotopic (exact) mass is 330 g/mol. The Labute approximate surface area is 138 Å². The number of carbonyl (C=O) groups is 1. The summed E-state index contributed by atoms with van der Waals surface area (Å²) in [5.41, 5.74) is 1.84. The van der Waals surface area contributed by atoms with Crippen molar-refractivity contribution in [2.75, 3.05) is 5.32 Å². The molecule has 1 heterocycles. The predicted molar refractivity (Wildman–Crippen MR) is 85.1 cm³/mol. The Bertz CT molecular complexity index is 777. The first-order valence-corrected chi connectivity index (χ1v) is 7.87. The molecule has 6 heteroatoms. The molecule has 0 bridgehead atoms. The smallest absolute Gasteiger partial charge is 0.387 e. The van der Waals surface area contributed by atoms with Gasteiger partial charge in [0.1, 0.15) is 11.9 Å². The fraction of sp³-hybridized carbons (Fsp3) is 0.278. The summed E-state index contributed by atoms with van der Waals surface area (Å²) in [5, 5.41) is 3.31. The lowest BCUT2D eigenvalue weighted by Crippen LogP contribution is -2.44. The summed E-state index contributed by atoms with van der Waals surface area (Å²) in [6, 6.07) is 14.0. The van der Waals surface area contributed by atoms with Gasteiger partial charge in [-0.05, 0) is 31.0 Å². The second-order valence-corrected chi connectivity index (χ2v) is 5.95. The van der Waals surface area contributed by atoms with E-state index in [9.17, 15) is 13.6 Å². The summed E-state index contributed by atoms with van der Waals surface area (Å²) in [6.07, 6.45) is 1.32. The number of fused-ring (bicyclic) bond motifs is 1. The first-order valence-electron chi connectivity index (χ1n) is 7.87. The lowest BCUT2D eigenvalue weighted by Gasteiger charge is -2.38. The molecule has 1 saturated carbocycles. The molecule has 0 aromatic heterocycles. The van der Waals surface area contributed by atoms with Crippen LogP contribution in [0, 0.1) is 0 Å². The average molecular weight is 330 g/mol. The molecule has 24 heavy (non-hydrogen) atoms. The van der Waals surface area contributed by atoms with Gasteiger partial charge in [-0.1, -0.05) is 30.3 Å². The van der Waals surface area contributed by atoms with Gasteiger partial charge in [-0.2, -0.15) is 8.78 Å². The Morgan fingerprint density at radius 2 is 1.79 bits per heavy atom. The average Bonchev–Trinajstić information content (AvgIpc) is 3.39. The van der Waals surface area contributed by atoms with Crippen molar-refractivity contribution in [3.05, 3.63) is 59.7 Å². The van der Waals surface area contributed by atoms with Crippen LogP contribution in [0.5, 0.6) is 5.75 Å². The van der Waals surface area contributed by atoms with Crippen LogP contribution < -0.4 is 10.1 Å². The predicted octanol–water partition coefficient (Wildman–Crippen LogP) is 4.02. The number of amides is 1. The fourth-order valence-corrected chi connectivity index (χ4v) is 3.14. The molecule has 1 fully saturated rings. The van der Waals surface area contributed by atoms with E-state index in [4.69, 9.17) is 0 Å². The summed E-state index contributed by atoms with van der Waals surface area (Å²) in [4.78, 5) is 14.7. The molecule has 1 amide bonds. The molecule has 2 aliphatic rings. The second-order valence-electron chi connectivity index (χ2n) is 5.95. The highest BCUT2D eigenvalue weighted by atomic mass is 19.3. The summed E-state index contributed by atoms with van der Waals surface area (Å²) in [7, 11) is 0. The first-order chi connectivity index (χ1) is 11.6. The lowest BCUT2D eigenvalue weighted by atomic mass is 10.0. The van der Waals surface area contributed by atoms with Gasteiger partial charge in [0.2, 0.25) is 0 Å². The number of carbonyl (C=O) groups excluding carboxylic acids is 1. The molecule has 0 unspecified atom stereocenters. The Morgan fingerprint density at radius 1 is 1.08 bits per heavy atom. The zero-order valence-electron chi connectivity index (χ0n) is 12.8. The Balaban J connectivity index is 1.78. The van der Waals surface area contributed by atoms with Gasteiger partial charge in [0.15, 0.2) is 0 Å². The lowest BCUT2D eigenvalue weighted by molar-refractivity contribution is -0.0509. The largest absolute Gasteiger partial charge is 0.434 e. The Hall–Kier alpha value is -2.63. The Morgan fingerprint density at radius 3 is 2.54 bits per heavy atom. The van der Waals surface area contributed by atoms with Crippen molar-refractivity contribution in [2.45, 2.75) is 31.7 Å². The van der Waals surface area contributed by atoms with E-state index in [2.05, 4.69) is 10.1 Å². The molecule has 2 aromatic carbocycles. The standard InChI is InChI=1S/C18H16F2N2O2/c19-18(20)24-15-8-4-2-6-13(15)16-21-14-7-3-1-5-12(14)17(23)22(16)11-9-10-11/h1-8,11,16,18,21H,9-10H2/t16-/m0/s1. The van der Waals surface area contributed by atoms with Crippen molar-refractivity contribution in [1.29, 1.82) is 0 Å². The molecule has 1 aliphatic carbocycles. The molecule has 4 rings (SSSR count). The quantitative estimate of drug-likeness (QED) is 0.921. The van der Waals surface area contributed by atoms with Crippen LogP contribution >= 0.6 is 0 Å². The van der Waals surface area contributed by atoms with E-state index in [-0.39, 0.29) is 17.7 Å². The van der Waals surface area contributed by atoms with Gasteiger partial charge < -0.3 is 15.0 Å². The molecule has 1 aliphatic heterocycles. The topological polar surface area (TPSA) is 41.6 Å². The van der Waals surface area contributed by atoms with Crippen molar-refractivity contribution in [1.82, 2.24) is 4.90 Å². The van der Waals surface area contributed by atoms with Gasteiger partial charge in [-0.15, -0.1) is 0 Å². The summed E-state index contributed by atoms with van der Waals surface area (Å²) >= 11 is 0. The van der Waals surface area contributed by atoms with Crippen LogP contribution in [-0.2, 0) is 0 Å². The number of benzene rings is 2. The number of para-hydroxylation sites is 2. The van der Waals surface area contributed by atoms with E-state index >= 15 is 0 Å². The number of halogens is 2. The van der Waals surface area contributed by atoms with Gasteiger partial charge in [0, 0.05) is 17.3 Å². The maximum absolute atomic E-state index is 12.9. The number of anilines is 1. The minimum absolute atomic E-state index is 0.0799. The van der Waals surface area contributed by atoms with E-state index in [1.54, 1.807) is 29.2 Å². The van der Waals surface area contributed by atoms with Gasteiger partial charge in [-0.25, -0.2) is 0 Å². The zero-order valence-corrected chi connectivity index (χ0v) is 12.8. The number of alkyl halides is 2. The summed E-state index contributed by atoms with van der Waals surface area (Å²) < 4.78 is 30.1. The number of ether oxygens (including phenoxy) is 1. The summed E-state index contributed by atoms with van der Waals surface area (Å²) in [6.45, 7) is -2.91. The molecular formula is C18H16F2N2O2. The van der Waals surface area contributed by atoms with Crippen molar-refractivity contribution >= 4 is 11.6 Å². The molecule has 1 atom stereocenters. The zero-order chi connectivity index (χ0) is 16.7. The van der Waals surface area contributed by atoms with Crippen LogP contribution in [0.3, 0.4) is 0 Å². The highest BCUT2D eigenvalue weighted by Crippen LogP contribution is 2.42. The van der Waals surface area contributed by atoms with Crippen LogP contribution in [0.2, 0.25) is 0 Å². The van der Waals surface area contributed by atoms with Gasteiger partial charge >= 0.3 is 6.61 Å². The van der Waals surface area contributed by atoms with Crippen molar-refractivity contribution < 1.29 is 18.3 Å². The van der Waals surface area contributed by atoms with Crippen molar-refractivity contribution in [2.24, 2.45) is 0 Å². The minimum atomic E-state index is -2.91. The number of nitrogens with zero attached hydrogens (tertiary/aromatic N) is 1. The van der Waals surface area contributed by atoms with Crippen LogP contribution in [0.4, 0.5) is 14.5 Å². The molecule has 124 valence electrons. The third kappa shape index (κ3) is 2.58. The van der Waals surface area contributed by atoms with Crippen LogP contribution in [0.25, 0.3) is 0 Å². The molecule has 4 nitrogen and oxygen atoms in total. The van der Waals surface area contributed by atoms with Crippen LogP contribution in [-0.4, -0.2) is 23.5 Å². The maximum Gasteiger partial charge on any atom is 0.387 e. The molecule has 0 spiro atoms. The molecule has 1 N–H and O–H groups in total. The maximum atomic E-state index is 12.9. The van der Waals surface area contributed by atoms with Crippen molar-refractivity contribution in [3.8, 4) is 5.75 Å². The number of hydrogen-bond acceptors (Lipinski definition) is 3. The molecule has 2 aromatic rings. The number of hydrogen-bond donors (Lipinski definition) is 1. The molecular weight excluding hydrogens is 314 g/mol. The fourth-order valence-electron chi connectivity index (χ4n) is 3.14. The van der Waals surface area contributed by atoms with Gasteiger partial charge in [-0.3, -0.25) is 4.79 Å². The highest BCUT2D eigenvalue weighted by Gasteiger charge is 2.42. The van der Waals surface area contributed by atoms with Crippen LogP contribution in [0.15, 0.2) is 48.5 Å². The van der Waals surface area contributed by atoms with Crippen molar-refractivity contribution in [3.63, 3.8) is 0 Å². The second kappa shape index (κ2) is 5.78. The number of rotatable bonds is 4. The van der Waals surface area contributed by atoms with E-state index < -0.39 is 12.8 Å². The van der Waals surface area contributed by atoms with E-state index in [0.717, 1.165) is 12.8 Å². The SMILES string of the molecule is O=C1c2ccccc2N[C@H](c2ccccc2OC(F)F)N1C1CC1. The number of nitrogens with one attached hydrogen (secondary N) is 1. The van der Waals surface area contributed by atoms with Gasteiger partial charge in [0.25, 0.3) is 5.91 Å². The summed E-state index contributed by atoms with van der Waals surface area (Å²) in [5.74, 6) is 0.00605. The Kier molecular flexibility index (Phi) is 3.59. The first kappa shape index (κ1) is 14.9. The third-order valence-electron chi connectivity index (χ3n) is 4.33.